The van der Waals surface area contributed by atoms with Crippen LogP contribution in [0.4, 0.5) is 0 Å². The van der Waals surface area contributed by atoms with E-state index in [1.165, 1.54) is 39.0 Å². The summed E-state index contributed by atoms with van der Waals surface area (Å²) in [6.45, 7) is 11.2. The lowest BCUT2D eigenvalue weighted by Crippen LogP contribution is -2.00. The molecule has 0 saturated heterocycles. The molecule has 0 saturated carbocycles. The monoisotopic (exact) mass is 378 g/mol. The van der Waals surface area contributed by atoms with Crippen LogP contribution < -0.4 is 0 Å². The third kappa shape index (κ3) is 2.93. The van der Waals surface area contributed by atoms with E-state index in [4.69, 9.17) is 0 Å². The zero-order chi connectivity index (χ0) is 14.9. The first-order valence-corrected chi connectivity index (χ1v) is 8.74. The third-order valence-corrected chi connectivity index (χ3v) is 4.98. The summed E-state index contributed by atoms with van der Waals surface area (Å²) in [7, 11) is 0. The average molecular weight is 378 g/mol. The zero-order valence-electron chi connectivity index (χ0n) is 13.0. The average Bonchev–Trinajstić information content (AvgIpc) is 2.64. The molecule has 1 heteroatoms. The lowest BCUT2D eigenvalue weighted by molar-refractivity contribution is 0.791. The van der Waals surface area contributed by atoms with Crippen LogP contribution in [-0.4, -0.2) is 4.43 Å². The quantitative estimate of drug-likeness (QED) is 0.403. The van der Waals surface area contributed by atoms with Gasteiger partial charge in [-0.05, 0) is 65.7 Å². The Hall–Kier alpha value is -0.830. The van der Waals surface area contributed by atoms with Gasteiger partial charge in [-0.2, -0.15) is 0 Å². The van der Waals surface area contributed by atoms with Gasteiger partial charge in [-0.1, -0.05) is 66.8 Å². The maximum absolute atomic E-state index is 2.47. The smallest absolute Gasteiger partial charge is 0.0253 e. The molecule has 2 rings (SSSR count). The van der Waals surface area contributed by atoms with E-state index in [0.717, 1.165) is 4.43 Å². The summed E-state index contributed by atoms with van der Waals surface area (Å²) in [6, 6.07) is 0. The molecule has 0 aliphatic heterocycles. The minimum atomic E-state index is 0.555. The molecule has 0 aromatic heterocycles. The minimum Gasteiger partial charge on any atom is -0.0812 e. The standard InChI is InChI=1S/C19H23I/c1-12(2)16-8-7-14(4)19-15(5)13(3)6-9-17(11-20)18(19)10-16/h6-10,12H,11H2,1-5H3. The molecule has 2 aliphatic carbocycles. The van der Waals surface area contributed by atoms with E-state index in [2.05, 4.69) is 87.6 Å². The molecule has 0 radical (unpaired) electrons. The van der Waals surface area contributed by atoms with Gasteiger partial charge in [-0.25, -0.2) is 0 Å². The van der Waals surface area contributed by atoms with Crippen LogP contribution in [0, 0.1) is 5.92 Å². The molecule has 0 spiro atoms. The fourth-order valence-corrected chi connectivity index (χ4v) is 3.33. The predicted octanol–water partition coefficient (Wildman–Crippen LogP) is 6.09. The molecule has 0 fully saturated rings. The van der Waals surface area contributed by atoms with Gasteiger partial charge >= 0.3 is 0 Å². The molecule has 2 aliphatic rings. The van der Waals surface area contributed by atoms with Gasteiger partial charge in [-0.15, -0.1) is 0 Å². The van der Waals surface area contributed by atoms with Crippen LogP contribution in [0.1, 0.15) is 34.6 Å². The normalized spacial score (nSPS) is 19.4. The molecule has 0 aromatic carbocycles. The van der Waals surface area contributed by atoms with Crippen molar-refractivity contribution in [1.29, 1.82) is 0 Å². The number of alkyl halides is 1. The first-order valence-electron chi connectivity index (χ1n) is 7.21. The maximum atomic E-state index is 2.47. The molecule has 106 valence electrons. The number of hydrogen-bond acceptors (Lipinski definition) is 0. The van der Waals surface area contributed by atoms with Crippen LogP contribution in [0.15, 0.2) is 69.4 Å². The molecular formula is C19H23I. The Morgan fingerprint density at radius 2 is 1.60 bits per heavy atom. The minimum absolute atomic E-state index is 0.555. The Bertz CT molecular complexity index is 602. The molecule has 0 aromatic rings. The highest BCUT2D eigenvalue weighted by Crippen LogP contribution is 2.37. The molecule has 0 atom stereocenters. The van der Waals surface area contributed by atoms with Gasteiger partial charge in [0.05, 0.1) is 0 Å². The van der Waals surface area contributed by atoms with Crippen LogP contribution in [-0.2, 0) is 0 Å². The lowest BCUT2D eigenvalue weighted by Gasteiger charge is -2.17. The summed E-state index contributed by atoms with van der Waals surface area (Å²) in [5.41, 5.74) is 9.82. The van der Waals surface area contributed by atoms with E-state index in [1.54, 1.807) is 0 Å². The summed E-state index contributed by atoms with van der Waals surface area (Å²) < 4.78 is 1.04. The predicted molar refractivity (Wildman–Crippen MR) is 98.2 cm³/mol. The number of hydrogen-bond donors (Lipinski definition) is 0. The number of fused-ring (bicyclic) bond motifs is 1. The van der Waals surface area contributed by atoms with Crippen molar-refractivity contribution in [2.24, 2.45) is 5.92 Å². The van der Waals surface area contributed by atoms with Gasteiger partial charge in [0.1, 0.15) is 0 Å². The number of halogens is 1. The van der Waals surface area contributed by atoms with Crippen molar-refractivity contribution >= 4 is 22.6 Å². The first-order chi connectivity index (χ1) is 9.45. The van der Waals surface area contributed by atoms with E-state index in [0.29, 0.717) is 5.92 Å². The van der Waals surface area contributed by atoms with Crippen LogP contribution in [0.25, 0.3) is 0 Å². The van der Waals surface area contributed by atoms with E-state index in [-0.39, 0.29) is 0 Å². The highest BCUT2D eigenvalue weighted by Gasteiger charge is 2.20. The highest BCUT2D eigenvalue weighted by molar-refractivity contribution is 14.1. The Labute approximate surface area is 136 Å². The van der Waals surface area contributed by atoms with Gasteiger partial charge in [0.15, 0.2) is 0 Å². The van der Waals surface area contributed by atoms with Crippen molar-refractivity contribution in [3.05, 3.63) is 69.4 Å². The van der Waals surface area contributed by atoms with Crippen molar-refractivity contribution < 1.29 is 0 Å². The molecule has 20 heavy (non-hydrogen) atoms. The van der Waals surface area contributed by atoms with Gasteiger partial charge < -0.3 is 0 Å². The van der Waals surface area contributed by atoms with Crippen molar-refractivity contribution in [2.45, 2.75) is 34.6 Å². The van der Waals surface area contributed by atoms with Crippen LogP contribution in [0.2, 0.25) is 0 Å². The Kier molecular flexibility index (Phi) is 4.90. The van der Waals surface area contributed by atoms with Crippen molar-refractivity contribution in [3.8, 4) is 0 Å². The van der Waals surface area contributed by atoms with Crippen molar-refractivity contribution in [2.75, 3.05) is 4.43 Å². The first kappa shape index (κ1) is 15.6. The molecule has 0 N–H and O–H groups in total. The van der Waals surface area contributed by atoms with E-state index >= 15 is 0 Å². The molecule has 0 nitrogen and oxygen atoms in total. The second-order valence-electron chi connectivity index (χ2n) is 5.90. The van der Waals surface area contributed by atoms with Gasteiger partial charge in [0.25, 0.3) is 0 Å². The largest absolute Gasteiger partial charge is 0.0812 e. The van der Waals surface area contributed by atoms with Crippen molar-refractivity contribution in [1.82, 2.24) is 0 Å². The Morgan fingerprint density at radius 1 is 0.950 bits per heavy atom. The van der Waals surface area contributed by atoms with E-state index in [9.17, 15) is 0 Å². The topological polar surface area (TPSA) is 0 Å². The fourth-order valence-electron chi connectivity index (χ4n) is 2.67. The summed E-state index contributed by atoms with van der Waals surface area (Å²) in [5.74, 6) is 0.555. The summed E-state index contributed by atoms with van der Waals surface area (Å²) >= 11 is 2.47. The van der Waals surface area contributed by atoms with E-state index in [1.807, 2.05) is 0 Å². The molecule has 0 unspecified atom stereocenters. The highest BCUT2D eigenvalue weighted by atomic mass is 127. The van der Waals surface area contributed by atoms with Crippen LogP contribution >= 0.6 is 22.6 Å². The SMILES string of the molecule is CC1=CC=C(CI)C2=CC(C(C)C)=CC=C(C)C2=C1C. The summed E-state index contributed by atoms with van der Waals surface area (Å²) in [4.78, 5) is 0. The molecule has 0 amide bonds. The molecular weight excluding hydrogens is 355 g/mol. The zero-order valence-corrected chi connectivity index (χ0v) is 15.2. The van der Waals surface area contributed by atoms with Crippen LogP contribution in [0.5, 0.6) is 0 Å². The lowest BCUT2D eigenvalue weighted by atomic mass is 9.88. The van der Waals surface area contributed by atoms with Crippen molar-refractivity contribution in [3.63, 3.8) is 0 Å². The van der Waals surface area contributed by atoms with Crippen LogP contribution in [0.3, 0.4) is 0 Å². The number of allylic oxidation sites excluding steroid dienone is 12. The van der Waals surface area contributed by atoms with Gasteiger partial charge in [0, 0.05) is 4.43 Å². The number of rotatable bonds is 2. The second-order valence-corrected chi connectivity index (χ2v) is 6.67. The maximum Gasteiger partial charge on any atom is 0.0253 e. The van der Waals surface area contributed by atoms with E-state index < -0.39 is 0 Å². The Balaban J connectivity index is 2.73. The second kappa shape index (κ2) is 6.30. The van der Waals surface area contributed by atoms with Gasteiger partial charge in [-0.3, -0.25) is 0 Å². The van der Waals surface area contributed by atoms with Gasteiger partial charge in [0.2, 0.25) is 0 Å². The fraction of sp³-hybridized carbons (Fsp3) is 0.368. The third-order valence-electron chi connectivity index (χ3n) is 4.16. The summed E-state index contributed by atoms with van der Waals surface area (Å²) in [5, 5.41) is 0. The molecule has 0 bridgehead atoms. The molecule has 0 heterocycles. The Morgan fingerprint density at radius 3 is 2.20 bits per heavy atom. The summed E-state index contributed by atoms with van der Waals surface area (Å²) in [6.07, 6.45) is 11.5.